The maximum atomic E-state index is 7.37. The maximum Gasteiger partial charge on any atom is 0.190 e. The zero-order valence-corrected chi connectivity index (χ0v) is 14.6. The fourth-order valence-electron chi connectivity index (χ4n) is 3.55. The molecule has 3 aromatic heterocycles. The topological polar surface area (TPSA) is 43.0 Å². The number of nitrogens with zero attached hydrogens (tertiary/aromatic N) is 4. The first-order chi connectivity index (χ1) is 13.3. The number of rotatable bonds is 1. The van der Waals surface area contributed by atoms with E-state index in [4.69, 9.17) is 11.6 Å². The molecule has 0 aliphatic heterocycles. The van der Waals surface area contributed by atoms with Crippen LogP contribution in [0, 0.1) is 13.5 Å². The van der Waals surface area contributed by atoms with Crippen molar-refractivity contribution >= 4 is 38.4 Å². The van der Waals surface area contributed by atoms with Crippen LogP contribution in [0.2, 0.25) is 0 Å². The van der Waals surface area contributed by atoms with Gasteiger partial charge in [0, 0.05) is 34.7 Å². The molecule has 0 saturated carbocycles. The third-order valence-corrected chi connectivity index (χ3v) is 4.94. The Labute approximate surface area is 156 Å². The second-order valence-electron chi connectivity index (χ2n) is 6.53. The zero-order valence-electron chi connectivity index (χ0n) is 14.6. The van der Waals surface area contributed by atoms with Crippen LogP contribution >= 0.6 is 0 Å². The van der Waals surface area contributed by atoms with E-state index in [0.717, 1.165) is 49.4 Å². The minimum absolute atomic E-state index is 0.668. The van der Waals surface area contributed by atoms with Crippen molar-refractivity contribution in [3.05, 3.63) is 84.1 Å². The normalized spacial score (nSPS) is 11.1. The molecule has 0 bridgehead atoms. The van der Waals surface area contributed by atoms with Crippen LogP contribution in [-0.2, 0) is 0 Å². The van der Waals surface area contributed by atoms with Gasteiger partial charge in [-0.2, -0.15) is 0 Å². The van der Waals surface area contributed by atoms with E-state index in [1.54, 1.807) is 12.4 Å². The Morgan fingerprint density at radius 2 is 1.48 bits per heavy atom. The monoisotopic (exact) mass is 346 g/mol. The summed E-state index contributed by atoms with van der Waals surface area (Å²) in [7, 11) is 0. The molecule has 5 rings (SSSR count). The van der Waals surface area contributed by atoms with Crippen LogP contribution in [0.15, 0.2) is 67.1 Å². The Morgan fingerprint density at radius 1 is 0.741 bits per heavy atom. The van der Waals surface area contributed by atoms with Gasteiger partial charge in [0.1, 0.15) is 0 Å². The second-order valence-corrected chi connectivity index (χ2v) is 6.53. The van der Waals surface area contributed by atoms with Crippen LogP contribution in [0.4, 0.5) is 5.69 Å². The molecule has 0 radical (unpaired) electrons. The van der Waals surface area contributed by atoms with Gasteiger partial charge in [-0.3, -0.25) is 15.0 Å². The van der Waals surface area contributed by atoms with Crippen molar-refractivity contribution in [1.82, 2.24) is 15.0 Å². The van der Waals surface area contributed by atoms with Gasteiger partial charge >= 0.3 is 0 Å². The Bertz CT molecular complexity index is 1360. The summed E-state index contributed by atoms with van der Waals surface area (Å²) >= 11 is 0. The molecular weight excluding hydrogens is 332 g/mol. The lowest BCUT2D eigenvalue weighted by Crippen LogP contribution is -1.91. The molecule has 27 heavy (non-hydrogen) atoms. The number of aryl methyl sites for hydroxylation is 1. The Balaban J connectivity index is 1.88. The van der Waals surface area contributed by atoms with Crippen molar-refractivity contribution in [2.75, 3.05) is 0 Å². The quantitative estimate of drug-likeness (QED) is 0.282. The van der Waals surface area contributed by atoms with E-state index in [2.05, 4.69) is 26.9 Å². The summed E-state index contributed by atoms with van der Waals surface area (Å²) < 4.78 is 0. The summed E-state index contributed by atoms with van der Waals surface area (Å²) in [5, 5.41) is 3.07. The summed E-state index contributed by atoms with van der Waals surface area (Å²) in [5.41, 5.74) is 6.29. The molecule has 5 aromatic rings. The lowest BCUT2D eigenvalue weighted by atomic mass is 9.99. The predicted molar refractivity (Wildman–Crippen MR) is 109 cm³/mol. The minimum Gasteiger partial charge on any atom is -0.255 e. The summed E-state index contributed by atoms with van der Waals surface area (Å²) in [5.74, 6) is 0. The van der Waals surface area contributed by atoms with E-state index in [1.165, 1.54) is 0 Å². The van der Waals surface area contributed by atoms with Crippen molar-refractivity contribution in [2.45, 2.75) is 6.92 Å². The summed E-state index contributed by atoms with van der Waals surface area (Å²) in [6.45, 7) is 9.32. The molecule has 0 spiro atoms. The largest absolute Gasteiger partial charge is 0.255 e. The van der Waals surface area contributed by atoms with Crippen molar-refractivity contribution in [3.8, 4) is 11.1 Å². The standard InChI is InChI=1S/C23H14N4/c1-14-7-8-15(12-20(14)24-2)16-11-19-17-5-3-9-25-22(17)23-18(6-4-10-26-23)21(19)27-13-16/h3-13H,1H3. The molecule has 3 heterocycles. The van der Waals surface area contributed by atoms with Crippen molar-refractivity contribution < 1.29 is 0 Å². The molecule has 2 aromatic carbocycles. The van der Waals surface area contributed by atoms with Crippen LogP contribution in [0.1, 0.15) is 5.56 Å². The number of aromatic nitrogens is 3. The van der Waals surface area contributed by atoms with Gasteiger partial charge in [-0.1, -0.05) is 18.2 Å². The molecule has 126 valence electrons. The third-order valence-electron chi connectivity index (χ3n) is 4.94. The van der Waals surface area contributed by atoms with Gasteiger partial charge in [-0.25, -0.2) is 4.85 Å². The molecular formula is C23H14N4. The fraction of sp³-hybridized carbons (Fsp3) is 0.0435. The Morgan fingerprint density at radius 3 is 2.26 bits per heavy atom. The average molecular weight is 346 g/mol. The van der Waals surface area contributed by atoms with Gasteiger partial charge < -0.3 is 0 Å². The number of benzene rings is 2. The first-order valence-electron chi connectivity index (χ1n) is 8.66. The lowest BCUT2D eigenvalue weighted by molar-refractivity contribution is 1.37. The lowest BCUT2D eigenvalue weighted by Gasteiger charge is -2.10. The SMILES string of the molecule is [C-]#[N+]c1cc(-c2cnc3c(c2)c2cccnc2c2ncccc32)ccc1C. The number of pyridine rings is 3. The molecule has 0 amide bonds. The van der Waals surface area contributed by atoms with Crippen LogP contribution < -0.4 is 0 Å². The van der Waals surface area contributed by atoms with E-state index in [0.29, 0.717) is 5.69 Å². The molecule has 0 N–H and O–H groups in total. The van der Waals surface area contributed by atoms with E-state index >= 15 is 0 Å². The van der Waals surface area contributed by atoms with E-state index < -0.39 is 0 Å². The van der Waals surface area contributed by atoms with E-state index in [-0.39, 0.29) is 0 Å². The smallest absolute Gasteiger partial charge is 0.190 e. The Kier molecular flexibility index (Phi) is 3.34. The molecule has 0 atom stereocenters. The third kappa shape index (κ3) is 2.33. The van der Waals surface area contributed by atoms with Gasteiger partial charge in [-0.05, 0) is 53.9 Å². The highest BCUT2D eigenvalue weighted by Crippen LogP contribution is 2.34. The van der Waals surface area contributed by atoms with Gasteiger partial charge in [0.2, 0.25) is 0 Å². The zero-order chi connectivity index (χ0) is 18.4. The van der Waals surface area contributed by atoms with Gasteiger partial charge in [0.05, 0.1) is 23.1 Å². The number of fused-ring (bicyclic) bond motifs is 6. The number of hydrogen-bond acceptors (Lipinski definition) is 3. The summed E-state index contributed by atoms with van der Waals surface area (Å²) in [4.78, 5) is 17.5. The summed E-state index contributed by atoms with van der Waals surface area (Å²) in [6, 6.07) is 16.0. The van der Waals surface area contributed by atoms with Gasteiger partial charge in [0.15, 0.2) is 5.69 Å². The van der Waals surface area contributed by atoms with Crippen LogP contribution in [-0.4, -0.2) is 15.0 Å². The van der Waals surface area contributed by atoms with Crippen LogP contribution in [0.25, 0.3) is 48.7 Å². The highest BCUT2D eigenvalue weighted by molar-refractivity contribution is 6.22. The highest BCUT2D eigenvalue weighted by Gasteiger charge is 2.12. The fourth-order valence-corrected chi connectivity index (χ4v) is 3.55. The van der Waals surface area contributed by atoms with Crippen molar-refractivity contribution in [2.24, 2.45) is 0 Å². The number of hydrogen-bond donors (Lipinski definition) is 0. The van der Waals surface area contributed by atoms with E-state index in [9.17, 15) is 0 Å². The average Bonchev–Trinajstić information content (AvgIpc) is 2.74. The molecule has 0 saturated heterocycles. The second kappa shape index (κ2) is 5.86. The van der Waals surface area contributed by atoms with Gasteiger partial charge in [0.25, 0.3) is 0 Å². The Hall–Kier alpha value is -3.84. The molecule has 0 aliphatic carbocycles. The molecule has 0 fully saturated rings. The highest BCUT2D eigenvalue weighted by atomic mass is 14.7. The minimum atomic E-state index is 0.668. The summed E-state index contributed by atoms with van der Waals surface area (Å²) in [6.07, 6.45) is 5.45. The molecule has 0 unspecified atom stereocenters. The first-order valence-corrected chi connectivity index (χ1v) is 8.66. The van der Waals surface area contributed by atoms with Crippen LogP contribution in [0.3, 0.4) is 0 Å². The van der Waals surface area contributed by atoms with Gasteiger partial charge in [-0.15, -0.1) is 0 Å². The molecule has 0 aliphatic rings. The van der Waals surface area contributed by atoms with E-state index in [1.807, 2.05) is 49.5 Å². The predicted octanol–water partition coefficient (Wildman–Crippen LogP) is 5.86. The van der Waals surface area contributed by atoms with Crippen molar-refractivity contribution in [3.63, 3.8) is 0 Å². The molecule has 4 heteroatoms. The first kappa shape index (κ1) is 15.4. The van der Waals surface area contributed by atoms with Crippen LogP contribution in [0.5, 0.6) is 0 Å². The molecule has 4 nitrogen and oxygen atoms in total. The maximum absolute atomic E-state index is 7.37. The van der Waals surface area contributed by atoms with Crippen molar-refractivity contribution in [1.29, 1.82) is 0 Å².